The van der Waals surface area contributed by atoms with Crippen LogP contribution in [0, 0.1) is 5.82 Å². The molecule has 0 radical (unpaired) electrons. The second kappa shape index (κ2) is 6.62. The zero-order valence-electron chi connectivity index (χ0n) is 12.9. The van der Waals surface area contributed by atoms with Gasteiger partial charge in [0.25, 0.3) is 5.91 Å². The molecule has 23 heavy (non-hydrogen) atoms. The van der Waals surface area contributed by atoms with Gasteiger partial charge in [0.15, 0.2) is 0 Å². The molecule has 2 aromatic carbocycles. The van der Waals surface area contributed by atoms with Crippen molar-refractivity contribution in [3.63, 3.8) is 0 Å². The highest BCUT2D eigenvalue weighted by Gasteiger charge is 2.33. The summed E-state index contributed by atoms with van der Waals surface area (Å²) < 4.78 is 25.3. The number of hydrogen-bond donors (Lipinski definition) is 0. The van der Waals surface area contributed by atoms with Gasteiger partial charge in [-0.2, -0.15) is 0 Å². The van der Waals surface area contributed by atoms with Gasteiger partial charge in [-0.25, -0.2) is 4.39 Å². The number of benzene rings is 2. The number of rotatable bonds is 5. The van der Waals surface area contributed by atoms with Crippen LogP contribution in [-0.4, -0.2) is 27.3 Å². The van der Waals surface area contributed by atoms with E-state index < -0.39 is 10.8 Å². The third-order valence-corrected chi connectivity index (χ3v) is 4.92. The lowest BCUT2D eigenvalue weighted by atomic mass is 10.1. The molecule has 5 heteroatoms. The number of nitrogens with zero attached hydrogens (tertiary/aromatic N) is 1. The van der Waals surface area contributed by atoms with Gasteiger partial charge >= 0.3 is 0 Å². The van der Waals surface area contributed by atoms with Crippen molar-refractivity contribution in [2.75, 3.05) is 6.26 Å². The van der Waals surface area contributed by atoms with Gasteiger partial charge in [0.05, 0.1) is 0 Å². The Morgan fingerprint density at radius 3 is 2.39 bits per heavy atom. The van der Waals surface area contributed by atoms with Crippen LogP contribution in [0.1, 0.15) is 28.8 Å². The first-order chi connectivity index (χ1) is 11.1. The average Bonchev–Trinajstić information content (AvgIpc) is 3.38. The largest absolute Gasteiger partial charge is 0.331 e. The van der Waals surface area contributed by atoms with Gasteiger partial charge in [-0.1, -0.05) is 18.2 Å². The van der Waals surface area contributed by atoms with E-state index in [1.165, 1.54) is 6.07 Å². The van der Waals surface area contributed by atoms with E-state index in [4.69, 9.17) is 0 Å². The number of halogens is 1. The monoisotopic (exact) mass is 331 g/mol. The minimum atomic E-state index is -1.07. The van der Waals surface area contributed by atoms with Crippen LogP contribution in [0.3, 0.4) is 0 Å². The predicted octanol–water partition coefficient (Wildman–Crippen LogP) is 3.37. The number of carbonyl (C=O) groups excluding carboxylic acids is 1. The van der Waals surface area contributed by atoms with Crippen LogP contribution in [0.2, 0.25) is 0 Å². The molecule has 1 saturated carbocycles. The SMILES string of the molecule is C[S@@](=O)c1ccc(C(=O)N(Cc2ccccc2F)C2CC2)cc1. The first-order valence-electron chi connectivity index (χ1n) is 7.54. The Labute approximate surface area is 137 Å². The van der Waals surface area contributed by atoms with Crippen molar-refractivity contribution < 1.29 is 13.4 Å². The van der Waals surface area contributed by atoms with E-state index in [0.29, 0.717) is 16.0 Å². The van der Waals surface area contributed by atoms with Crippen LogP contribution in [-0.2, 0) is 17.3 Å². The van der Waals surface area contributed by atoms with Crippen molar-refractivity contribution in [1.29, 1.82) is 0 Å². The second-order valence-electron chi connectivity index (χ2n) is 5.73. The van der Waals surface area contributed by atoms with Crippen molar-refractivity contribution >= 4 is 16.7 Å². The normalized spacial score (nSPS) is 15.2. The summed E-state index contributed by atoms with van der Waals surface area (Å²) in [6.07, 6.45) is 3.51. The highest BCUT2D eigenvalue weighted by Crippen LogP contribution is 2.30. The molecule has 2 aromatic rings. The quantitative estimate of drug-likeness (QED) is 0.842. The summed E-state index contributed by atoms with van der Waals surface area (Å²) in [6, 6.07) is 13.5. The molecule has 0 bridgehead atoms. The Bertz CT molecular complexity index is 741. The van der Waals surface area contributed by atoms with Crippen molar-refractivity contribution in [2.45, 2.75) is 30.3 Å². The molecule has 0 unspecified atom stereocenters. The molecule has 120 valence electrons. The summed E-state index contributed by atoms with van der Waals surface area (Å²) in [7, 11) is -1.07. The molecular formula is C18H18FNO2S. The van der Waals surface area contributed by atoms with Crippen LogP contribution >= 0.6 is 0 Å². The number of carbonyl (C=O) groups is 1. The fraction of sp³-hybridized carbons (Fsp3) is 0.278. The van der Waals surface area contributed by atoms with E-state index in [0.717, 1.165) is 12.8 Å². The van der Waals surface area contributed by atoms with E-state index in [1.54, 1.807) is 53.6 Å². The highest BCUT2D eigenvalue weighted by atomic mass is 32.2. The maximum Gasteiger partial charge on any atom is 0.254 e. The van der Waals surface area contributed by atoms with Gasteiger partial charge in [-0.05, 0) is 43.2 Å². The lowest BCUT2D eigenvalue weighted by Gasteiger charge is -2.23. The zero-order valence-corrected chi connectivity index (χ0v) is 13.7. The van der Waals surface area contributed by atoms with Crippen LogP contribution < -0.4 is 0 Å². The second-order valence-corrected chi connectivity index (χ2v) is 7.11. The lowest BCUT2D eigenvalue weighted by molar-refractivity contribution is 0.0728. The summed E-state index contributed by atoms with van der Waals surface area (Å²) in [4.78, 5) is 15.2. The fourth-order valence-corrected chi connectivity index (χ4v) is 3.04. The Morgan fingerprint density at radius 1 is 1.17 bits per heavy atom. The summed E-state index contributed by atoms with van der Waals surface area (Å²) in [5, 5.41) is 0. The van der Waals surface area contributed by atoms with E-state index in [-0.39, 0.29) is 24.3 Å². The van der Waals surface area contributed by atoms with Crippen LogP contribution in [0.15, 0.2) is 53.4 Å². The van der Waals surface area contributed by atoms with E-state index in [9.17, 15) is 13.4 Å². The maximum atomic E-state index is 13.9. The topological polar surface area (TPSA) is 37.4 Å². The summed E-state index contributed by atoms with van der Waals surface area (Å²) >= 11 is 0. The first-order valence-corrected chi connectivity index (χ1v) is 9.10. The molecule has 1 amide bonds. The molecule has 0 spiro atoms. The fourth-order valence-electron chi connectivity index (χ4n) is 2.52. The van der Waals surface area contributed by atoms with Crippen molar-refractivity contribution in [3.8, 4) is 0 Å². The zero-order chi connectivity index (χ0) is 16.4. The van der Waals surface area contributed by atoms with Crippen LogP contribution in [0.25, 0.3) is 0 Å². The Balaban J connectivity index is 1.82. The van der Waals surface area contributed by atoms with Gasteiger partial charge < -0.3 is 4.90 Å². The molecule has 0 N–H and O–H groups in total. The Hall–Kier alpha value is -2.01. The van der Waals surface area contributed by atoms with E-state index >= 15 is 0 Å². The van der Waals surface area contributed by atoms with E-state index in [1.807, 2.05) is 0 Å². The lowest BCUT2D eigenvalue weighted by Crippen LogP contribution is -2.32. The predicted molar refractivity (Wildman–Crippen MR) is 88.1 cm³/mol. The van der Waals surface area contributed by atoms with Crippen LogP contribution in [0.5, 0.6) is 0 Å². The van der Waals surface area contributed by atoms with Crippen molar-refractivity contribution in [3.05, 3.63) is 65.5 Å². The molecule has 0 heterocycles. The van der Waals surface area contributed by atoms with Gasteiger partial charge in [0, 0.05) is 45.7 Å². The molecule has 1 fully saturated rings. The molecule has 0 saturated heterocycles. The summed E-state index contributed by atoms with van der Waals surface area (Å²) in [5.74, 6) is -0.396. The van der Waals surface area contributed by atoms with Crippen LogP contribution in [0.4, 0.5) is 4.39 Å². The van der Waals surface area contributed by atoms with E-state index in [2.05, 4.69) is 0 Å². The molecule has 3 nitrogen and oxygen atoms in total. The summed E-state index contributed by atoms with van der Waals surface area (Å²) in [6.45, 7) is 0.275. The third-order valence-electron chi connectivity index (χ3n) is 3.98. The first kappa shape index (κ1) is 15.9. The molecule has 1 aliphatic rings. The van der Waals surface area contributed by atoms with Gasteiger partial charge in [-0.3, -0.25) is 9.00 Å². The average molecular weight is 331 g/mol. The Kier molecular flexibility index (Phi) is 4.57. The van der Waals surface area contributed by atoms with Gasteiger partial charge in [0.2, 0.25) is 0 Å². The standard InChI is InChI=1S/C18H18FNO2S/c1-23(22)16-10-6-13(7-11-16)18(21)20(15-8-9-15)12-14-4-2-3-5-17(14)19/h2-7,10-11,15H,8-9,12H2,1H3/t23-/m1/s1. The molecule has 1 aliphatic carbocycles. The molecular weight excluding hydrogens is 313 g/mol. The Morgan fingerprint density at radius 2 is 1.83 bits per heavy atom. The number of hydrogen-bond acceptors (Lipinski definition) is 2. The smallest absolute Gasteiger partial charge is 0.254 e. The maximum absolute atomic E-state index is 13.9. The summed E-state index contributed by atoms with van der Waals surface area (Å²) in [5.41, 5.74) is 1.07. The molecule has 0 aromatic heterocycles. The van der Waals surface area contributed by atoms with Crippen molar-refractivity contribution in [1.82, 2.24) is 4.90 Å². The highest BCUT2D eigenvalue weighted by molar-refractivity contribution is 7.84. The van der Waals surface area contributed by atoms with Crippen molar-refractivity contribution in [2.24, 2.45) is 0 Å². The minimum absolute atomic E-state index is 0.107. The third kappa shape index (κ3) is 3.67. The minimum Gasteiger partial charge on any atom is -0.331 e. The molecule has 1 atom stereocenters. The number of amides is 1. The molecule has 3 rings (SSSR count). The van der Waals surface area contributed by atoms with Gasteiger partial charge in [0.1, 0.15) is 5.82 Å². The molecule has 0 aliphatic heterocycles. The van der Waals surface area contributed by atoms with Gasteiger partial charge in [-0.15, -0.1) is 0 Å².